The summed E-state index contributed by atoms with van der Waals surface area (Å²) in [5.74, 6) is 0.351. The maximum Gasteiger partial charge on any atom is 0.321 e. The van der Waals surface area contributed by atoms with Gasteiger partial charge in [-0.05, 0) is 61.3 Å². The van der Waals surface area contributed by atoms with Crippen LogP contribution in [0.5, 0.6) is 11.9 Å². The van der Waals surface area contributed by atoms with Gasteiger partial charge in [0.1, 0.15) is 18.3 Å². The lowest BCUT2D eigenvalue weighted by molar-refractivity contribution is -0.0470. The molecular formula is C31H60N4O6Si3. The number of hydrogen-bond acceptors (Lipinski definition) is 9. The summed E-state index contributed by atoms with van der Waals surface area (Å²) >= 11 is 0. The minimum absolute atomic E-state index is 0.00780. The van der Waals surface area contributed by atoms with Crippen molar-refractivity contribution in [2.45, 2.75) is 148 Å². The largest absolute Gasteiger partial charge is 0.479 e. The lowest BCUT2D eigenvalue weighted by Gasteiger charge is -2.44. The van der Waals surface area contributed by atoms with E-state index in [0.717, 1.165) is 0 Å². The number of aromatic nitrogens is 4. The molecule has 252 valence electrons. The Labute approximate surface area is 269 Å². The van der Waals surface area contributed by atoms with Crippen LogP contribution < -0.4 is 9.47 Å². The smallest absolute Gasteiger partial charge is 0.321 e. The Morgan fingerprint density at radius 2 is 1.32 bits per heavy atom. The zero-order valence-corrected chi connectivity index (χ0v) is 33.5. The van der Waals surface area contributed by atoms with Gasteiger partial charge < -0.3 is 27.5 Å². The van der Waals surface area contributed by atoms with Crippen molar-refractivity contribution in [1.29, 1.82) is 0 Å². The topological polar surface area (TPSA) is 99.0 Å². The highest BCUT2D eigenvalue weighted by Crippen LogP contribution is 2.47. The molecular weight excluding hydrogens is 609 g/mol. The fourth-order valence-electron chi connectivity index (χ4n) is 4.27. The molecule has 0 aromatic carbocycles. The first kappa shape index (κ1) is 37.1. The van der Waals surface area contributed by atoms with E-state index in [1.165, 1.54) is 0 Å². The lowest BCUT2D eigenvalue weighted by Crippen LogP contribution is -2.54. The highest BCUT2D eigenvalue weighted by molar-refractivity contribution is 6.75. The van der Waals surface area contributed by atoms with E-state index in [4.69, 9.17) is 32.5 Å². The molecule has 3 rings (SSSR count). The summed E-state index contributed by atoms with van der Waals surface area (Å²) in [7, 11) is -5.09. The minimum Gasteiger partial charge on any atom is -0.479 e. The van der Waals surface area contributed by atoms with E-state index in [1.54, 1.807) is 13.4 Å². The van der Waals surface area contributed by atoms with Crippen molar-refractivity contribution in [1.82, 2.24) is 19.5 Å². The zero-order chi connectivity index (χ0) is 33.7. The van der Waals surface area contributed by atoms with Crippen LogP contribution in [-0.2, 0) is 18.0 Å². The molecule has 0 aliphatic carbocycles. The number of ether oxygens (including phenoxy) is 3. The van der Waals surface area contributed by atoms with E-state index in [1.807, 2.05) is 11.5 Å². The van der Waals surface area contributed by atoms with Gasteiger partial charge in [0.25, 0.3) is 0 Å². The fourth-order valence-corrected chi connectivity index (χ4v) is 7.89. The van der Waals surface area contributed by atoms with Crippen molar-refractivity contribution in [2.75, 3.05) is 20.3 Å². The minimum atomic E-state index is -2.31. The van der Waals surface area contributed by atoms with E-state index in [2.05, 4.69) is 112 Å². The Morgan fingerprint density at radius 3 is 1.80 bits per heavy atom. The van der Waals surface area contributed by atoms with Crippen LogP contribution in [0.15, 0.2) is 6.33 Å². The average molecular weight is 669 g/mol. The molecule has 0 bridgehead atoms. The van der Waals surface area contributed by atoms with Gasteiger partial charge in [-0.3, -0.25) is 4.57 Å². The van der Waals surface area contributed by atoms with Crippen LogP contribution in [0.2, 0.25) is 54.4 Å². The molecule has 10 nitrogen and oxygen atoms in total. The van der Waals surface area contributed by atoms with Crippen LogP contribution >= 0.6 is 0 Å². The average Bonchev–Trinajstić information content (AvgIpc) is 3.41. The van der Waals surface area contributed by atoms with Gasteiger partial charge in [0.15, 0.2) is 42.3 Å². The van der Waals surface area contributed by atoms with Crippen LogP contribution in [0.1, 0.15) is 75.5 Å². The monoisotopic (exact) mass is 668 g/mol. The van der Waals surface area contributed by atoms with Crippen LogP contribution in [0, 0.1) is 0 Å². The number of hydrogen-bond donors (Lipinski definition) is 0. The number of imidazole rings is 1. The summed E-state index contributed by atoms with van der Waals surface area (Å²) in [6.45, 7) is 36.7. The first-order chi connectivity index (χ1) is 19.9. The summed E-state index contributed by atoms with van der Waals surface area (Å²) in [6.07, 6.45) is 0.0425. The lowest BCUT2D eigenvalue weighted by atomic mass is 10.1. The number of nitrogens with zero attached hydrogens (tertiary/aromatic N) is 4. The van der Waals surface area contributed by atoms with Crippen molar-refractivity contribution < 1.29 is 27.5 Å². The first-order valence-corrected chi connectivity index (χ1v) is 24.7. The van der Waals surface area contributed by atoms with Crippen molar-refractivity contribution in [3.05, 3.63) is 6.33 Å². The Hall–Kier alpha value is -1.36. The van der Waals surface area contributed by atoms with Gasteiger partial charge in [-0.15, -0.1) is 0 Å². The Kier molecular flexibility index (Phi) is 10.7. The van der Waals surface area contributed by atoms with Gasteiger partial charge in [-0.2, -0.15) is 9.97 Å². The summed E-state index contributed by atoms with van der Waals surface area (Å²) < 4.78 is 41.6. The highest BCUT2D eigenvalue weighted by atomic mass is 28.4. The SMILES string of the molecule is CCOc1nc(OC)c2ncn([C@@H]3O[C@H](CO[Si](C)(C)C(C)(C)C)[C@@H](O[Si](C)(C)C(C)(C)C)[C@H]3O[Si](C)(C)C(C)(C)C)c2n1. The molecule has 0 unspecified atom stereocenters. The molecule has 1 aliphatic rings. The van der Waals surface area contributed by atoms with Crippen molar-refractivity contribution in [3.63, 3.8) is 0 Å². The maximum absolute atomic E-state index is 7.30. The van der Waals surface area contributed by atoms with Crippen LogP contribution in [0.3, 0.4) is 0 Å². The van der Waals surface area contributed by atoms with Crippen molar-refractivity contribution in [3.8, 4) is 11.9 Å². The molecule has 1 saturated heterocycles. The van der Waals surface area contributed by atoms with Crippen LogP contribution in [0.4, 0.5) is 0 Å². The number of fused-ring (bicyclic) bond motifs is 1. The quantitative estimate of drug-likeness (QED) is 0.221. The van der Waals surface area contributed by atoms with Crippen LogP contribution in [-0.4, -0.2) is 83.1 Å². The molecule has 1 fully saturated rings. The summed E-state index contributed by atoms with van der Waals surface area (Å²) in [5.41, 5.74) is 1.10. The Bertz CT molecular complexity index is 1280. The molecule has 4 atom stereocenters. The Morgan fingerprint density at radius 1 is 0.795 bits per heavy atom. The standard InChI is InChI=1S/C31H60N4O6Si3/c1-18-37-28-33-25-22(26(34-28)36-11)32-20-35(25)27-24(41-44(16,17)31(8,9)10)23(40-43(14,15)30(5,6)7)21(39-27)19-38-42(12,13)29(2,3)4/h20-21,23-24,27H,18-19H2,1-17H3/t21-,23-,24-,27-/m1/s1. The second kappa shape index (κ2) is 12.7. The van der Waals surface area contributed by atoms with Gasteiger partial charge in [-0.25, -0.2) is 4.98 Å². The van der Waals surface area contributed by atoms with Crippen LogP contribution in [0.25, 0.3) is 11.2 Å². The predicted octanol–water partition coefficient (Wildman–Crippen LogP) is 7.93. The zero-order valence-electron chi connectivity index (χ0n) is 30.5. The second-order valence-corrected chi connectivity index (χ2v) is 30.9. The van der Waals surface area contributed by atoms with E-state index >= 15 is 0 Å². The summed E-state index contributed by atoms with van der Waals surface area (Å²) in [5, 5.41) is 0.0208. The highest BCUT2D eigenvalue weighted by Gasteiger charge is 2.55. The molecule has 0 N–H and O–H groups in total. The van der Waals surface area contributed by atoms with Gasteiger partial charge >= 0.3 is 6.01 Å². The molecule has 0 radical (unpaired) electrons. The van der Waals surface area contributed by atoms with Gasteiger partial charge in [0.2, 0.25) is 5.88 Å². The van der Waals surface area contributed by atoms with Crippen molar-refractivity contribution in [2.24, 2.45) is 0 Å². The molecule has 2 aromatic heterocycles. The van der Waals surface area contributed by atoms with E-state index < -0.39 is 37.3 Å². The van der Waals surface area contributed by atoms with Crippen molar-refractivity contribution >= 4 is 36.1 Å². The molecule has 0 spiro atoms. The summed E-state index contributed by atoms with van der Waals surface area (Å²) in [6, 6.07) is 0.227. The molecule has 44 heavy (non-hydrogen) atoms. The fraction of sp³-hybridized carbons (Fsp3) is 0.839. The second-order valence-electron chi connectivity index (χ2n) is 16.6. The van der Waals surface area contributed by atoms with E-state index in [-0.39, 0.29) is 33.3 Å². The molecule has 0 saturated carbocycles. The molecule has 0 amide bonds. The normalized spacial score (nSPS) is 22.6. The van der Waals surface area contributed by atoms with Gasteiger partial charge in [0, 0.05) is 0 Å². The number of methoxy groups -OCH3 is 1. The van der Waals surface area contributed by atoms with E-state index in [0.29, 0.717) is 30.3 Å². The molecule has 2 aromatic rings. The third-order valence-electron chi connectivity index (χ3n) is 10.3. The predicted molar refractivity (Wildman–Crippen MR) is 184 cm³/mol. The van der Waals surface area contributed by atoms with Gasteiger partial charge in [-0.1, -0.05) is 62.3 Å². The third kappa shape index (κ3) is 7.60. The number of rotatable bonds is 11. The molecule has 1 aliphatic heterocycles. The van der Waals surface area contributed by atoms with Gasteiger partial charge in [0.05, 0.1) is 26.7 Å². The third-order valence-corrected chi connectivity index (χ3v) is 23.7. The first-order valence-electron chi connectivity index (χ1n) is 15.9. The Balaban J connectivity index is 2.22. The molecule has 3 heterocycles. The maximum atomic E-state index is 7.30. The summed E-state index contributed by atoms with van der Waals surface area (Å²) in [4.78, 5) is 13.8. The molecule has 13 heteroatoms. The van der Waals surface area contributed by atoms with E-state index in [9.17, 15) is 0 Å².